The summed E-state index contributed by atoms with van der Waals surface area (Å²) in [4.78, 5) is 4.28. The number of hydrogen-bond acceptors (Lipinski definition) is 3. The van der Waals surface area contributed by atoms with Crippen LogP contribution in [-0.2, 0) is 0 Å². The van der Waals surface area contributed by atoms with Crippen LogP contribution in [-0.4, -0.2) is 11.5 Å². The molecule has 1 aromatic heterocycles. The minimum absolute atomic E-state index is 0.0648. The molecule has 2 rings (SSSR count). The molecular weight excluding hydrogens is 283 g/mol. The molecule has 0 bridgehead atoms. The van der Waals surface area contributed by atoms with Crippen LogP contribution < -0.4 is 5.32 Å². The van der Waals surface area contributed by atoms with Gasteiger partial charge in [0.15, 0.2) is 5.76 Å². The van der Waals surface area contributed by atoms with Crippen LogP contribution in [0.15, 0.2) is 28.8 Å². The molecule has 5 heteroatoms. The number of benzene rings is 1. The van der Waals surface area contributed by atoms with Crippen molar-refractivity contribution in [2.45, 2.75) is 26.3 Å². The van der Waals surface area contributed by atoms with Crippen LogP contribution in [0.2, 0.25) is 10.0 Å². The van der Waals surface area contributed by atoms with Crippen LogP contribution in [0.3, 0.4) is 0 Å². The maximum absolute atomic E-state index is 6.15. The van der Waals surface area contributed by atoms with Gasteiger partial charge in [-0.1, -0.05) is 36.2 Å². The highest BCUT2D eigenvalue weighted by Gasteiger charge is 2.16. The fourth-order valence-electron chi connectivity index (χ4n) is 1.78. The minimum Gasteiger partial charge on any atom is -0.439 e. The highest BCUT2D eigenvalue weighted by molar-refractivity contribution is 6.39. The molecule has 102 valence electrons. The van der Waals surface area contributed by atoms with Gasteiger partial charge in [0.25, 0.3) is 0 Å². The van der Waals surface area contributed by atoms with Gasteiger partial charge in [0, 0.05) is 0 Å². The zero-order valence-electron chi connectivity index (χ0n) is 10.9. The van der Waals surface area contributed by atoms with Crippen molar-refractivity contribution in [3.8, 4) is 11.3 Å². The molecule has 1 unspecified atom stereocenters. The minimum atomic E-state index is 0.0648. The maximum atomic E-state index is 6.15. The number of oxazole rings is 1. The first-order chi connectivity index (χ1) is 9.13. The van der Waals surface area contributed by atoms with Crippen molar-refractivity contribution >= 4 is 23.2 Å². The molecule has 1 heterocycles. The molecule has 0 amide bonds. The normalized spacial score (nSPS) is 12.6. The van der Waals surface area contributed by atoms with E-state index in [4.69, 9.17) is 27.6 Å². The van der Waals surface area contributed by atoms with E-state index < -0.39 is 0 Å². The van der Waals surface area contributed by atoms with Gasteiger partial charge in [-0.25, -0.2) is 4.98 Å². The molecule has 19 heavy (non-hydrogen) atoms. The van der Waals surface area contributed by atoms with E-state index in [0.29, 0.717) is 27.3 Å². The van der Waals surface area contributed by atoms with Crippen molar-refractivity contribution in [3.05, 3.63) is 40.3 Å². The van der Waals surface area contributed by atoms with Crippen molar-refractivity contribution in [3.63, 3.8) is 0 Å². The lowest BCUT2D eigenvalue weighted by Crippen LogP contribution is -2.19. The molecular formula is C14H16Cl2N2O. The quantitative estimate of drug-likeness (QED) is 0.869. The van der Waals surface area contributed by atoms with Crippen LogP contribution in [0.1, 0.15) is 32.2 Å². The molecule has 0 fully saturated rings. The average Bonchev–Trinajstić information content (AvgIpc) is 2.85. The van der Waals surface area contributed by atoms with Crippen LogP contribution >= 0.6 is 23.2 Å². The molecule has 1 aromatic carbocycles. The third kappa shape index (κ3) is 3.30. The monoisotopic (exact) mass is 298 g/mol. The van der Waals surface area contributed by atoms with E-state index in [1.54, 1.807) is 24.4 Å². The fourth-order valence-corrected chi connectivity index (χ4v) is 2.37. The molecule has 1 N–H and O–H groups in total. The van der Waals surface area contributed by atoms with Crippen molar-refractivity contribution in [2.24, 2.45) is 0 Å². The van der Waals surface area contributed by atoms with E-state index in [-0.39, 0.29) is 6.04 Å². The third-order valence-electron chi connectivity index (χ3n) is 2.80. The van der Waals surface area contributed by atoms with Gasteiger partial charge in [0.1, 0.15) is 0 Å². The standard InChI is InChI=1S/C14H16Cl2N2O/c1-3-7-17-9(2)14-18-8-12(19-14)13-10(15)5-4-6-11(13)16/h4-6,8-9,17H,3,7H2,1-2H3. The SMILES string of the molecule is CCCNC(C)c1ncc(-c2c(Cl)cccc2Cl)o1. The second kappa shape index (κ2) is 6.42. The summed E-state index contributed by atoms with van der Waals surface area (Å²) >= 11 is 12.3. The lowest BCUT2D eigenvalue weighted by atomic mass is 10.2. The van der Waals surface area contributed by atoms with Crippen molar-refractivity contribution in [2.75, 3.05) is 6.54 Å². The van der Waals surface area contributed by atoms with Gasteiger partial charge in [-0.3, -0.25) is 0 Å². The summed E-state index contributed by atoms with van der Waals surface area (Å²) in [6.07, 6.45) is 2.72. The van der Waals surface area contributed by atoms with Gasteiger partial charge in [-0.05, 0) is 32.0 Å². The number of halogens is 2. The van der Waals surface area contributed by atoms with Gasteiger partial charge >= 0.3 is 0 Å². The van der Waals surface area contributed by atoms with Gasteiger partial charge in [-0.2, -0.15) is 0 Å². The highest BCUT2D eigenvalue weighted by atomic mass is 35.5. The molecule has 1 atom stereocenters. The van der Waals surface area contributed by atoms with E-state index in [1.807, 2.05) is 6.92 Å². The Bertz CT molecular complexity index is 534. The first-order valence-electron chi connectivity index (χ1n) is 6.27. The molecule has 0 saturated carbocycles. The van der Waals surface area contributed by atoms with Crippen molar-refractivity contribution in [1.29, 1.82) is 0 Å². The van der Waals surface area contributed by atoms with E-state index in [0.717, 1.165) is 13.0 Å². The fraction of sp³-hybridized carbons (Fsp3) is 0.357. The molecule has 3 nitrogen and oxygen atoms in total. The maximum Gasteiger partial charge on any atom is 0.211 e. The Morgan fingerprint density at radius 2 is 2.00 bits per heavy atom. The average molecular weight is 299 g/mol. The Labute approximate surface area is 122 Å². The highest BCUT2D eigenvalue weighted by Crippen LogP contribution is 2.35. The topological polar surface area (TPSA) is 38.1 Å². The second-order valence-corrected chi connectivity index (χ2v) is 5.15. The Kier molecular flexibility index (Phi) is 4.86. The number of nitrogens with zero attached hydrogens (tertiary/aromatic N) is 1. The van der Waals surface area contributed by atoms with E-state index in [1.165, 1.54) is 0 Å². The largest absolute Gasteiger partial charge is 0.439 e. The van der Waals surface area contributed by atoms with Crippen LogP contribution in [0, 0.1) is 0 Å². The summed E-state index contributed by atoms with van der Waals surface area (Å²) in [5.74, 6) is 1.23. The summed E-state index contributed by atoms with van der Waals surface area (Å²) in [6, 6.07) is 5.43. The smallest absolute Gasteiger partial charge is 0.211 e. The first-order valence-corrected chi connectivity index (χ1v) is 7.02. The van der Waals surface area contributed by atoms with Gasteiger partial charge in [0.05, 0.1) is 27.8 Å². The Morgan fingerprint density at radius 3 is 2.63 bits per heavy atom. The van der Waals surface area contributed by atoms with Crippen molar-refractivity contribution in [1.82, 2.24) is 10.3 Å². The molecule has 0 aliphatic rings. The lowest BCUT2D eigenvalue weighted by Gasteiger charge is -2.08. The van der Waals surface area contributed by atoms with Crippen LogP contribution in [0.5, 0.6) is 0 Å². The van der Waals surface area contributed by atoms with Gasteiger partial charge in [0.2, 0.25) is 5.89 Å². The molecule has 2 aromatic rings. The summed E-state index contributed by atoms with van der Waals surface area (Å²) in [5.41, 5.74) is 0.687. The van der Waals surface area contributed by atoms with Crippen LogP contribution in [0.4, 0.5) is 0 Å². The predicted molar refractivity (Wildman–Crippen MR) is 78.7 cm³/mol. The zero-order valence-corrected chi connectivity index (χ0v) is 12.4. The first kappa shape index (κ1) is 14.4. The Morgan fingerprint density at radius 1 is 1.32 bits per heavy atom. The number of nitrogens with one attached hydrogen (secondary N) is 1. The Balaban J connectivity index is 2.26. The van der Waals surface area contributed by atoms with Gasteiger partial charge in [-0.15, -0.1) is 0 Å². The summed E-state index contributed by atoms with van der Waals surface area (Å²) in [7, 11) is 0. The zero-order chi connectivity index (χ0) is 13.8. The third-order valence-corrected chi connectivity index (χ3v) is 3.43. The molecule has 0 radical (unpaired) electrons. The summed E-state index contributed by atoms with van der Waals surface area (Å²) < 4.78 is 5.75. The molecule has 0 aliphatic heterocycles. The van der Waals surface area contributed by atoms with E-state index in [9.17, 15) is 0 Å². The Hall–Kier alpha value is -1.03. The van der Waals surface area contributed by atoms with E-state index >= 15 is 0 Å². The second-order valence-electron chi connectivity index (χ2n) is 4.34. The van der Waals surface area contributed by atoms with E-state index in [2.05, 4.69) is 17.2 Å². The number of rotatable bonds is 5. The molecule has 0 saturated heterocycles. The number of hydrogen-bond donors (Lipinski definition) is 1. The lowest BCUT2D eigenvalue weighted by molar-refractivity contribution is 0.423. The van der Waals surface area contributed by atoms with Crippen molar-refractivity contribution < 1.29 is 4.42 Å². The van der Waals surface area contributed by atoms with Crippen LogP contribution in [0.25, 0.3) is 11.3 Å². The summed E-state index contributed by atoms with van der Waals surface area (Å²) in [5, 5.41) is 4.44. The molecule has 0 spiro atoms. The molecule has 0 aliphatic carbocycles. The summed E-state index contributed by atoms with van der Waals surface area (Å²) in [6.45, 7) is 5.05. The van der Waals surface area contributed by atoms with Gasteiger partial charge < -0.3 is 9.73 Å². The number of aromatic nitrogens is 1. The predicted octanol–water partition coefficient (Wildman–Crippen LogP) is 4.71.